The Morgan fingerprint density at radius 2 is 2.00 bits per heavy atom. The molecule has 0 heterocycles. The molecule has 7 heteroatoms. The molecule has 0 aliphatic rings. The molecule has 0 spiro atoms. The van der Waals surface area contributed by atoms with Crippen molar-refractivity contribution < 1.29 is 13.9 Å². The Morgan fingerprint density at radius 1 is 1.30 bits per heavy atom. The minimum atomic E-state index is -0.672. The quantitative estimate of drug-likeness (QED) is 0.647. The maximum Gasteiger partial charge on any atom is 0.250 e. The van der Waals surface area contributed by atoms with Crippen molar-refractivity contribution in [1.82, 2.24) is 0 Å². The Bertz CT molecular complexity index is 694. The normalized spacial score (nSPS) is 10.3. The lowest BCUT2D eigenvalue weighted by Crippen LogP contribution is -2.13. The summed E-state index contributed by atoms with van der Waals surface area (Å²) in [6, 6.07) is 6.91. The van der Waals surface area contributed by atoms with Crippen molar-refractivity contribution in [2.24, 2.45) is 5.73 Å². The third-order valence-electron chi connectivity index (χ3n) is 2.49. The van der Waals surface area contributed by atoms with Crippen LogP contribution in [0.1, 0.15) is 10.4 Å². The lowest BCUT2D eigenvalue weighted by Gasteiger charge is -2.10. The minimum Gasteiger partial charge on any atom is -0.456 e. The van der Waals surface area contributed by atoms with Gasteiger partial charge in [0.25, 0.3) is 5.91 Å². The van der Waals surface area contributed by atoms with Crippen molar-refractivity contribution in [3.05, 3.63) is 51.2 Å². The fourth-order valence-electron chi connectivity index (χ4n) is 1.52. The second-order valence-corrected chi connectivity index (χ2v) is 5.17. The van der Waals surface area contributed by atoms with Gasteiger partial charge in [-0.15, -0.1) is 0 Å². The third-order valence-corrected chi connectivity index (χ3v) is 3.40. The van der Waals surface area contributed by atoms with E-state index in [0.717, 1.165) is 6.07 Å². The number of rotatable bonds is 3. The number of hydrogen-bond donors (Lipinski definition) is 2. The lowest BCUT2D eigenvalue weighted by atomic mass is 10.1. The standard InChI is InChI=1S/C13H9BrClFN2O2/c14-8-4-9(15)10(16)5-12(8)20-6-1-2-11(17)7(3-6)13(18)19/h1-5H,17H2,(H2,18,19). The van der Waals surface area contributed by atoms with Gasteiger partial charge in [0, 0.05) is 11.8 Å². The molecule has 4 nitrogen and oxygen atoms in total. The molecule has 0 atom stereocenters. The van der Waals surface area contributed by atoms with Crippen LogP contribution in [0.15, 0.2) is 34.8 Å². The van der Waals surface area contributed by atoms with Crippen molar-refractivity contribution in [2.45, 2.75) is 0 Å². The molecule has 20 heavy (non-hydrogen) atoms. The second kappa shape index (κ2) is 5.68. The van der Waals surface area contributed by atoms with Gasteiger partial charge in [-0.1, -0.05) is 11.6 Å². The predicted molar refractivity (Wildman–Crippen MR) is 78.6 cm³/mol. The smallest absolute Gasteiger partial charge is 0.250 e. The molecule has 0 aliphatic heterocycles. The van der Waals surface area contributed by atoms with E-state index >= 15 is 0 Å². The Morgan fingerprint density at radius 3 is 2.65 bits per heavy atom. The third kappa shape index (κ3) is 3.02. The lowest BCUT2D eigenvalue weighted by molar-refractivity contribution is 0.100. The molecule has 1 amide bonds. The molecule has 4 N–H and O–H groups in total. The van der Waals surface area contributed by atoms with Crippen molar-refractivity contribution in [3.8, 4) is 11.5 Å². The summed E-state index contributed by atoms with van der Waals surface area (Å²) < 4.78 is 19.4. The maximum atomic E-state index is 13.4. The SMILES string of the molecule is NC(=O)c1cc(Oc2cc(F)c(Cl)cc2Br)ccc1N. The van der Waals surface area contributed by atoms with Crippen molar-refractivity contribution >= 4 is 39.1 Å². The van der Waals surface area contributed by atoms with E-state index in [0.29, 0.717) is 10.2 Å². The average molecular weight is 360 g/mol. The van der Waals surface area contributed by atoms with Crippen LogP contribution in [0.25, 0.3) is 0 Å². The van der Waals surface area contributed by atoms with E-state index in [-0.39, 0.29) is 22.0 Å². The van der Waals surface area contributed by atoms with Gasteiger partial charge < -0.3 is 16.2 Å². The van der Waals surface area contributed by atoms with Crippen LogP contribution in [0, 0.1) is 5.82 Å². The summed E-state index contributed by atoms with van der Waals surface area (Å²) in [5.41, 5.74) is 11.2. The molecule has 2 rings (SSSR count). The Kier molecular flexibility index (Phi) is 4.15. The highest BCUT2D eigenvalue weighted by molar-refractivity contribution is 9.10. The van der Waals surface area contributed by atoms with E-state index in [1.807, 2.05) is 0 Å². The average Bonchev–Trinajstić information content (AvgIpc) is 2.37. The number of nitrogen functional groups attached to an aromatic ring is 1. The largest absolute Gasteiger partial charge is 0.456 e. The number of hydrogen-bond acceptors (Lipinski definition) is 3. The number of carbonyl (C=O) groups is 1. The number of anilines is 1. The highest BCUT2D eigenvalue weighted by Crippen LogP contribution is 2.34. The van der Waals surface area contributed by atoms with Crippen LogP contribution in [-0.2, 0) is 0 Å². The predicted octanol–water partition coefficient (Wildman–Crippen LogP) is 3.72. The van der Waals surface area contributed by atoms with E-state index in [9.17, 15) is 9.18 Å². The molecule has 0 aromatic heterocycles. The molecule has 0 aliphatic carbocycles. The summed E-state index contributed by atoms with van der Waals surface area (Å²) >= 11 is 8.85. The Hall–Kier alpha value is -1.79. The Balaban J connectivity index is 2.38. The van der Waals surface area contributed by atoms with Gasteiger partial charge in [0.15, 0.2) is 0 Å². The van der Waals surface area contributed by atoms with Crippen LogP contribution >= 0.6 is 27.5 Å². The molecule has 0 fully saturated rings. The van der Waals surface area contributed by atoms with Crippen LogP contribution in [0.3, 0.4) is 0 Å². The van der Waals surface area contributed by atoms with Gasteiger partial charge in [-0.05, 0) is 40.2 Å². The molecular weight excluding hydrogens is 351 g/mol. The van der Waals surface area contributed by atoms with E-state index in [1.54, 1.807) is 6.07 Å². The first-order chi connectivity index (χ1) is 9.38. The second-order valence-electron chi connectivity index (χ2n) is 3.91. The first-order valence-electron chi connectivity index (χ1n) is 5.40. The van der Waals surface area contributed by atoms with E-state index < -0.39 is 11.7 Å². The summed E-state index contributed by atoms with van der Waals surface area (Å²) in [5, 5.41) is -0.0284. The minimum absolute atomic E-state index is 0.0284. The number of benzene rings is 2. The van der Waals surface area contributed by atoms with Crippen molar-refractivity contribution in [2.75, 3.05) is 5.73 Å². The molecule has 2 aromatic rings. The highest BCUT2D eigenvalue weighted by Gasteiger charge is 2.11. The van der Waals surface area contributed by atoms with Gasteiger partial charge in [0.05, 0.1) is 15.1 Å². The number of nitrogens with two attached hydrogens (primary N) is 2. The molecule has 0 bridgehead atoms. The molecule has 2 aromatic carbocycles. The van der Waals surface area contributed by atoms with Gasteiger partial charge in [0.2, 0.25) is 0 Å². The van der Waals surface area contributed by atoms with Crippen LogP contribution in [-0.4, -0.2) is 5.91 Å². The summed E-state index contributed by atoms with van der Waals surface area (Å²) in [6.07, 6.45) is 0. The monoisotopic (exact) mass is 358 g/mol. The number of amides is 1. The zero-order valence-corrected chi connectivity index (χ0v) is 12.3. The molecule has 104 valence electrons. The van der Waals surface area contributed by atoms with Gasteiger partial charge in [-0.25, -0.2) is 4.39 Å². The van der Waals surface area contributed by atoms with E-state index in [2.05, 4.69) is 15.9 Å². The molecule has 0 unspecified atom stereocenters. The fraction of sp³-hybridized carbons (Fsp3) is 0. The van der Waals surface area contributed by atoms with Crippen molar-refractivity contribution in [1.29, 1.82) is 0 Å². The summed E-state index contributed by atoms with van der Waals surface area (Å²) in [6.45, 7) is 0. The summed E-state index contributed by atoms with van der Waals surface area (Å²) in [5.74, 6) is -0.771. The molecule has 0 saturated heterocycles. The zero-order chi connectivity index (χ0) is 14.9. The van der Waals surface area contributed by atoms with Crippen LogP contribution < -0.4 is 16.2 Å². The van der Waals surface area contributed by atoms with Gasteiger partial charge in [0.1, 0.15) is 17.3 Å². The molecule has 0 saturated carbocycles. The van der Waals surface area contributed by atoms with Crippen LogP contribution in [0.5, 0.6) is 11.5 Å². The first kappa shape index (κ1) is 14.6. The first-order valence-corrected chi connectivity index (χ1v) is 6.57. The maximum absolute atomic E-state index is 13.4. The number of halogens is 3. The van der Waals surface area contributed by atoms with E-state index in [4.69, 9.17) is 27.8 Å². The number of carbonyl (C=O) groups excluding carboxylic acids is 1. The highest BCUT2D eigenvalue weighted by atomic mass is 79.9. The number of ether oxygens (including phenoxy) is 1. The van der Waals surface area contributed by atoms with E-state index in [1.165, 1.54) is 18.2 Å². The van der Waals surface area contributed by atoms with Crippen LogP contribution in [0.2, 0.25) is 5.02 Å². The van der Waals surface area contributed by atoms with Crippen molar-refractivity contribution in [3.63, 3.8) is 0 Å². The Labute approximate surface area is 127 Å². The molecule has 0 radical (unpaired) electrons. The molecular formula is C13H9BrClFN2O2. The fourth-order valence-corrected chi connectivity index (χ4v) is 2.24. The van der Waals surface area contributed by atoms with Gasteiger partial charge >= 0.3 is 0 Å². The summed E-state index contributed by atoms with van der Waals surface area (Å²) in [4.78, 5) is 11.2. The van der Waals surface area contributed by atoms with Gasteiger partial charge in [-0.3, -0.25) is 4.79 Å². The van der Waals surface area contributed by atoms with Crippen LogP contribution in [0.4, 0.5) is 10.1 Å². The summed E-state index contributed by atoms with van der Waals surface area (Å²) in [7, 11) is 0. The zero-order valence-electron chi connectivity index (χ0n) is 9.99. The van der Waals surface area contributed by atoms with Gasteiger partial charge in [-0.2, -0.15) is 0 Å². The topological polar surface area (TPSA) is 78.3 Å². The number of primary amides is 1.